The van der Waals surface area contributed by atoms with Gasteiger partial charge in [-0.1, -0.05) is 11.6 Å². The first kappa shape index (κ1) is 17.5. The molecule has 0 atom stereocenters. The molecule has 25 heavy (non-hydrogen) atoms. The molecule has 2 aromatic rings. The van der Waals surface area contributed by atoms with E-state index in [4.69, 9.17) is 21.1 Å². The molecule has 0 saturated heterocycles. The second-order valence-electron chi connectivity index (χ2n) is 5.15. The van der Waals surface area contributed by atoms with Gasteiger partial charge in [0.2, 0.25) is 15.9 Å². The fourth-order valence-electron chi connectivity index (χ4n) is 2.22. The third kappa shape index (κ3) is 3.84. The van der Waals surface area contributed by atoms with E-state index in [1.807, 2.05) is 0 Å². The van der Waals surface area contributed by atoms with Crippen LogP contribution in [0.4, 0.5) is 5.69 Å². The third-order valence-electron chi connectivity index (χ3n) is 3.43. The van der Waals surface area contributed by atoms with Crippen molar-refractivity contribution in [2.24, 2.45) is 0 Å². The predicted molar refractivity (Wildman–Crippen MR) is 90.4 cm³/mol. The average molecular weight is 384 g/mol. The maximum Gasteiger partial charge on any atom is 0.262 e. The molecule has 2 N–H and O–H groups in total. The van der Waals surface area contributed by atoms with E-state index in [1.165, 1.54) is 25.4 Å². The number of fused-ring (bicyclic) bond motifs is 1. The Bertz CT molecular complexity index is 933. The number of hydrogen-bond acceptors (Lipinski definition) is 6. The molecular weight excluding hydrogens is 370 g/mol. The molecule has 2 heterocycles. The molecule has 10 heteroatoms. The first-order chi connectivity index (χ1) is 11.9. The fourth-order valence-corrected chi connectivity index (χ4v) is 3.77. The van der Waals surface area contributed by atoms with Gasteiger partial charge in [0.15, 0.2) is 6.61 Å². The number of nitrogens with one attached hydrogen (secondary N) is 2. The van der Waals surface area contributed by atoms with Crippen molar-refractivity contribution < 1.29 is 22.7 Å². The number of methoxy groups -OCH3 is 1. The number of aromatic nitrogens is 1. The number of benzene rings is 1. The normalized spacial score (nSPS) is 13.6. The molecule has 0 bridgehead atoms. The molecular formula is C15H14ClN3O5S. The van der Waals surface area contributed by atoms with E-state index in [9.17, 15) is 13.2 Å². The highest BCUT2D eigenvalue weighted by molar-refractivity contribution is 7.89. The van der Waals surface area contributed by atoms with Gasteiger partial charge in [-0.2, -0.15) is 0 Å². The van der Waals surface area contributed by atoms with Crippen molar-refractivity contribution in [2.75, 3.05) is 19.0 Å². The molecule has 1 aliphatic heterocycles. The third-order valence-corrected chi connectivity index (χ3v) is 5.30. The largest absolute Gasteiger partial charge is 0.482 e. The van der Waals surface area contributed by atoms with Crippen LogP contribution < -0.4 is 19.5 Å². The molecule has 0 spiro atoms. The van der Waals surface area contributed by atoms with E-state index in [2.05, 4.69) is 15.0 Å². The zero-order chi connectivity index (χ0) is 18.0. The van der Waals surface area contributed by atoms with Crippen LogP contribution in [0.15, 0.2) is 35.4 Å². The Morgan fingerprint density at radius 2 is 2.20 bits per heavy atom. The summed E-state index contributed by atoms with van der Waals surface area (Å²) in [4.78, 5) is 15.1. The van der Waals surface area contributed by atoms with Gasteiger partial charge in [-0.25, -0.2) is 18.1 Å². The summed E-state index contributed by atoms with van der Waals surface area (Å²) in [6.45, 7) is -0.148. The lowest BCUT2D eigenvalue weighted by Gasteiger charge is -2.19. The number of rotatable bonds is 5. The number of amides is 1. The Kier molecular flexibility index (Phi) is 4.80. The summed E-state index contributed by atoms with van der Waals surface area (Å²) in [5, 5.41) is 2.54. The van der Waals surface area contributed by atoms with Crippen molar-refractivity contribution in [1.82, 2.24) is 9.71 Å². The van der Waals surface area contributed by atoms with E-state index >= 15 is 0 Å². The van der Waals surface area contributed by atoms with Crippen molar-refractivity contribution in [3.8, 4) is 11.6 Å². The molecule has 0 aliphatic carbocycles. The van der Waals surface area contributed by atoms with Crippen LogP contribution in [-0.4, -0.2) is 33.0 Å². The number of nitrogens with zero attached hydrogens (tertiary/aromatic N) is 1. The molecule has 3 rings (SSSR count). The second kappa shape index (κ2) is 6.87. The quantitative estimate of drug-likeness (QED) is 0.811. The summed E-state index contributed by atoms with van der Waals surface area (Å²) >= 11 is 6.07. The molecule has 0 saturated carbocycles. The standard InChI is InChI=1S/C15H14ClN3O5S/c1-23-15-4-9(2-3-17-15)7-18-25(21,22)13-6-12-11(5-10(13)16)19-14(20)8-24-12/h2-6,18H,7-8H2,1H3,(H,19,20). The Morgan fingerprint density at radius 3 is 2.96 bits per heavy atom. The maximum absolute atomic E-state index is 12.5. The van der Waals surface area contributed by atoms with Crippen LogP contribution >= 0.6 is 11.6 Å². The van der Waals surface area contributed by atoms with Crippen LogP contribution in [0, 0.1) is 0 Å². The fraction of sp³-hybridized carbons (Fsp3) is 0.200. The minimum absolute atomic E-state index is 0.0237. The van der Waals surface area contributed by atoms with E-state index < -0.39 is 10.0 Å². The van der Waals surface area contributed by atoms with Crippen molar-refractivity contribution in [1.29, 1.82) is 0 Å². The predicted octanol–water partition coefficient (Wildman–Crippen LogP) is 1.55. The Labute approximate surface area is 149 Å². The van der Waals surface area contributed by atoms with Gasteiger partial charge in [0.1, 0.15) is 10.6 Å². The van der Waals surface area contributed by atoms with E-state index in [-0.39, 0.29) is 34.7 Å². The number of ether oxygens (including phenoxy) is 2. The molecule has 8 nitrogen and oxygen atoms in total. The van der Waals surface area contributed by atoms with Crippen LogP contribution in [0.2, 0.25) is 5.02 Å². The van der Waals surface area contributed by atoms with Gasteiger partial charge >= 0.3 is 0 Å². The van der Waals surface area contributed by atoms with Crippen molar-refractivity contribution in [3.63, 3.8) is 0 Å². The summed E-state index contributed by atoms with van der Waals surface area (Å²) in [7, 11) is -2.42. The van der Waals surface area contributed by atoms with Gasteiger partial charge in [-0.15, -0.1) is 0 Å². The first-order valence-corrected chi connectivity index (χ1v) is 9.00. The van der Waals surface area contributed by atoms with Crippen LogP contribution in [0.3, 0.4) is 0 Å². The maximum atomic E-state index is 12.5. The van der Waals surface area contributed by atoms with Gasteiger partial charge in [0.05, 0.1) is 17.8 Å². The first-order valence-electron chi connectivity index (χ1n) is 7.14. The lowest BCUT2D eigenvalue weighted by molar-refractivity contribution is -0.118. The summed E-state index contributed by atoms with van der Waals surface area (Å²) < 4.78 is 37.8. The number of anilines is 1. The average Bonchev–Trinajstić information content (AvgIpc) is 2.59. The number of sulfonamides is 1. The van der Waals surface area contributed by atoms with Gasteiger partial charge in [0.25, 0.3) is 5.91 Å². The van der Waals surface area contributed by atoms with Crippen LogP contribution in [0.5, 0.6) is 11.6 Å². The molecule has 0 radical (unpaired) electrons. The van der Waals surface area contributed by atoms with Crippen LogP contribution in [0.1, 0.15) is 5.56 Å². The Balaban J connectivity index is 1.83. The molecule has 1 aliphatic rings. The molecule has 1 aromatic carbocycles. The minimum Gasteiger partial charge on any atom is -0.482 e. The zero-order valence-electron chi connectivity index (χ0n) is 13.1. The van der Waals surface area contributed by atoms with E-state index in [1.54, 1.807) is 12.1 Å². The topological polar surface area (TPSA) is 107 Å². The highest BCUT2D eigenvalue weighted by Crippen LogP contribution is 2.35. The monoisotopic (exact) mass is 383 g/mol. The Morgan fingerprint density at radius 1 is 1.40 bits per heavy atom. The van der Waals surface area contributed by atoms with Crippen LogP contribution in [-0.2, 0) is 21.4 Å². The lowest BCUT2D eigenvalue weighted by atomic mass is 10.2. The number of halogens is 1. The molecule has 1 amide bonds. The van der Waals surface area contributed by atoms with Crippen molar-refractivity contribution in [2.45, 2.75) is 11.4 Å². The molecule has 132 valence electrons. The van der Waals surface area contributed by atoms with Crippen LogP contribution in [0.25, 0.3) is 0 Å². The highest BCUT2D eigenvalue weighted by Gasteiger charge is 2.24. The van der Waals surface area contributed by atoms with Gasteiger partial charge in [-0.05, 0) is 17.7 Å². The zero-order valence-corrected chi connectivity index (χ0v) is 14.6. The molecule has 0 fully saturated rings. The summed E-state index contributed by atoms with van der Waals surface area (Å²) in [5.74, 6) is 0.298. The number of hydrogen-bond donors (Lipinski definition) is 2. The smallest absolute Gasteiger partial charge is 0.262 e. The highest BCUT2D eigenvalue weighted by atomic mass is 35.5. The van der Waals surface area contributed by atoms with E-state index in [0.29, 0.717) is 17.1 Å². The summed E-state index contributed by atoms with van der Waals surface area (Å²) in [5.41, 5.74) is 1.01. The Hall–Kier alpha value is -2.36. The van der Waals surface area contributed by atoms with Gasteiger partial charge in [-0.3, -0.25) is 4.79 Å². The van der Waals surface area contributed by atoms with Gasteiger partial charge in [0, 0.05) is 24.9 Å². The molecule has 0 unspecified atom stereocenters. The number of carbonyl (C=O) groups excluding carboxylic acids is 1. The van der Waals surface area contributed by atoms with E-state index in [0.717, 1.165) is 0 Å². The minimum atomic E-state index is -3.89. The van der Waals surface area contributed by atoms with Gasteiger partial charge < -0.3 is 14.8 Å². The second-order valence-corrected chi connectivity index (χ2v) is 7.29. The number of pyridine rings is 1. The lowest BCUT2D eigenvalue weighted by Crippen LogP contribution is -2.27. The SMILES string of the molecule is COc1cc(CNS(=O)(=O)c2cc3c(cc2Cl)NC(=O)CO3)ccn1. The van der Waals surface area contributed by atoms with Crippen molar-refractivity contribution in [3.05, 3.63) is 41.0 Å². The summed E-state index contributed by atoms with van der Waals surface area (Å²) in [6, 6.07) is 5.92. The molecule has 1 aromatic heterocycles. The summed E-state index contributed by atoms with van der Waals surface area (Å²) in [6.07, 6.45) is 1.52. The van der Waals surface area contributed by atoms with Crippen molar-refractivity contribution >= 4 is 33.2 Å². The number of carbonyl (C=O) groups is 1.